The van der Waals surface area contributed by atoms with Crippen molar-refractivity contribution in [3.8, 4) is 22.8 Å². The Morgan fingerprint density at radius 2 is 1.70 bits per heavy atom. The Hall–Kier alpha value is -3.43. The molecule has 1 N–H and O–H groups in total. The highest BCUT2D eigenvalue weighted by Crippen LogP contribution is 2.27. The van der Waals surface area contributed by atoms with Crippen LogP contribution in [0, 0.1) is 0 Å². The van der Waals surface area contributed by atoms with Crippen molar-refractivity contribution in [2.75, 3.05) is 44.8 Å². The molecular formula is C24H25N3O5S. The number of hydrogen-bond donors (Lipinski definition) is 1. The zero-order chi connectivity index (χ0) is 23.0. The van der Waals surface area contributed by atoms with Crippen LogP contribution in [-0.2, 0) is 9.53 Å². The monoisotopic (exact) mass is 467 g/mol. The molecule has 1 aliphatic rings. The lowest BCUT2D eigenvalue weighted by molar-refractivity contribution is -0.137. The number of benzene rings is 2. The molecule has 4 rings (SSSR count). The molecule has 8 nitrogen and oxygen atoms in total. The molecule has 0 spiro atoms. The van der Waals surface area contributed by atoms with E-state index in [1.54, 1.807) is 29.2 Å². The van der Waals surface area contributed by atoms with Crippen molar-refractivity contribution in [3.63, 3.8) is 0 Å². The van der Waals surface area contributed by atoms with E-state index in [9.17, 15) is 9.59 Å². The maximum atomic E-state index is 12.6. The number of thiazole rings is 1. The first-order chi connectivity index (χ1) is 16.1. The molecule has 9 heteroatoms. The number of nitrogens with zero attached hydrogens (tertiary/aromatic N) is 2. The van der Waals surface area contributed by atoms with Gasteiger partial charge in [0.2, 0.25) is 0 Å². The molecule has 2 aromatic carbocycles. The predicted molar refractivity (Wildman–Crippen MR) is 126 cm³/mol. The third-order valence-electron chi connectivity index (χ3n) is 5.03. The molecule has 0 aliphatic carbocycles. The number of rotatable bonds is 8. The summed E-state index contributed by atoms with van der Waals surface area (Å²) < 4.78 is 16.3. The van der Waals surface area contributed by atoms with Gasteiger partial charge in [-0.2, -0.15) is 0 Å². The van der Waals surface area contributed by atoms with Gasteiger partial charge in [-0.15, -0.1) is 11.3 Å². The number of amides is 2. The van der Waals surface area contributed by atoms with Gasteiger partial charge >= 0.3 is 0 Å². The molecule has 1 aromatic heterocycles. The van der Waals surface area contributed by atoms with Crippen molar-refractivity contribution in [2.45, 2.75) is 6.92 Å². The van der Waals surface area contributed by atoms with Crippen LogP contribution in [-0.4, -0.2) is 61.2 Å². The van der Waals surface area contributed by atoms with Crippen LogP contribution >= 0.6 is 11.3 Å². The summed E-state index contributed by atoms with van der Waals surface area (Å²) >= 11 is 1.36. The van der Waals surface area contributed by atoms with Gasteiger partial charge in [0.25, 0.3) is 11.8 Å². The summed E-state index contributed by atoms with van der Waals surface area (Å²) in [5.41, 5.74) is 2.20. The zero-order valence-electron chi connectivity index (χ0n) is 18.3. The van der Waals surface area contributed by atoms with Crippen LogP contribution in [0.15, 0.2) is 53.9 Å². The Kier molecular flexibility index (Phi) is 7.54. The number of aromatic nitrogens is 1. The number of morpholine rings is 1. The molecule has 0 saturated carbocycles. The van der Waals surface area contributed by atoms with Crippen LogP contribution < -0.4 is 14.8 Å². The Bertz CT molecular complexity index is 1080. The fraction of sp³-hybridized carbons (Fsp3) is 0.292. The topological polar surface area (TPSA) is 90.0 Å². The number of hydrogen-bond acceptors (Lipinski definition) is 7. The van der Waals surface area contributed by atoms with Gasteiger partial charge in [0.15, 0.2) is 11.7 Å². The van der Waals surface area contributed by atoms with Crippen LogP contribution in [0.5, 0.6) is 11.5 Å². The summed E-state index contributed by atoms with van der Waals surface area (Å²) in [7, 11) is 0. The van der Waals surface area contributed by atoms with E-state index >= 15 is 0 Å². The third kappa shape index (κ3) is 6.09. The minimum Gasteiger partial charge on any atom is -0.494 e. The number of nitrogens with one attached hydrogen (secondary N) is 1. The van der Waals surface area contributed by atoms with Crippen molar-refractivity contribution in [3.05, 3.63) is 59.5 Å². The average Bonchev–Trinajstić information content (AvgIpc) is 3.32. The van der Waals surface area contributed by atoms with Crippen molar-refractivity contribution >= 4 is 28.3 Å². The number of anilines is 1. The van der Waals surface area contributed by atoms with Gasteiger partial charge in [-0.3, -0.25) is 14.9 Å². The smallest absolute Gasteiger partial charge is 0.260 e. The molecule has 2 amide bonds. The molecule has 0 atom stereocenters. The maximum absolute atomic E-state index is 12.6. The van der Waals surface area contributed by atoms with Crippen LogP contribution in [0.25, 0.3) is 11.3 Å². The van der Waals surface area contributed by atoms with Crippen LogP contribution in [0.2, 0.25) is 0 Å². The van der Waals surface area contributed by atoms with Gasteiger partial charge in [0.1, 0.15) is 11.5 Å². The Labute approximate surface area is 196 Å². The van der Waals surface area contributed by atoms with E-state index in [1.807, 2.05) is 36.6 Å². The van der Waals surface area contributed by atoms with Crippen LogP contribution in [0.3, 0.4) is 0 Å². The van der Waals surface area contributed by atoms with Crippen molar-refractivity contribution in [2.24, 2.45) is 0 Å². The highest BCUT2D eigenvalue weighted by Gasteiger charge is 2.17. The molecule has 33 heavy (non-hydrogen) atoms. The predicted octanol–water partition coefficient (Wildman–Crippen LogP) is 3.70. The molecule has 172 valence electrons. The summed E-state index contributed by atoms with van der Waals surface area (Å²) in [5, 5.41) is 5.23. The second-order valence-corrected chi connectivity index (χ2v) is 8.11. The Morgan fingerprint density at radius 1 is 1.03 bits per heavy atom. The van der Waals surface area contributed by atoms with Gasteiger partial charge < -0.3 is 19.1 Å². The molecule has 0 unspecified atom stereocenters. The van der Waals surface area contributed by atoms with E-state index < -0.39 is 0 Å². The molecule has 1 aliphatic heterocycles. The van der Waals surface area contributed by atoms with Crippen molar-refractivity contribution in [1.29, 1.82) is 0 Å². The Morgan fingerprint density at radius 3 is 2.39 bits per heavy atom. The van der Waals surface area contributed by atoms with Crippen LogP contribution in [0.4, 0.5) is 5.13 Å². The minimum absolute atomic E-state index is 0.0427. The quantitative estimate of drug-likeness (QED) is 0.543. The van der Waals surface area contributed by atoms with E-state index in [4.69, 9.17) is 14.2 Å². The molecule has 0 bridgehead atoms. The summed E-state index contributed by atoms with van der Waals surface area (Å²) in [4.78, 5) is 31.0. The molecule has 1 fully saturated rings. The zero-order valence-corrected chi connectivity index (χ0v) is 19.1. The standard InChI is InChI=1S/C24H25N3O5S/c1-2-31-19-7-3-17(4-8-19)21-16-33-24(25-21)26-23(29)18-5-9-20(10-6-18)32-15-22(28)27-11-13-30-14-12-27/h3-10,16H,2,11-15H2,1H3,(H,25,26,29). The fourth-order valence-corrected chi connectivity index (χ4v) is 3.99. The van der Waals surface area contributed by atoms with E-state index in [-0.39, 0.29) is 18.4 Å². The summed E-state index contributed by atoms with van der Waals surface area (Å²) in [6.45, 7) is 4.78. The largest absolute Gasteiger partial charge is 0.494 e. The lowest BCUT2D eigenvalue weighted by Crippen LogP contribution is -2.42. The molecule has 3 aromatic rings. The van der Waals surface area contributed by atoms with Gasteiger partial charge in [-0.25, -0.2) is 4.98 Å². The Balaban J connectivity index is 1.30. The number of carbonyl (C=O) groups is 2. The third-order valence-corrected chi connectivity index (χ3v) is 5.79. The molecule has 0 radical (unpaired) electrons. The second-order valence-electron chi connectivity index (χ2n) is 7.26. The van der Waals surface area contributed by atoms with E-state index in [1.165, 1.54) is 11.3 Å². The summed E-state index contributed by atoms with van der Waals surface area (Å²) in [6.07, 6.45) is 0. The lowest BCUT2D eigenvalue weighted by Gasteiger charge is -2.26. The highest BCUT2D eigenvalue weighted by molar-refractivity contribution is 7.14. The first-order valence-corrected chi connectivity index (χ1v) is 11.6. The van der Waals surface area contributed by atoms with Gasteiger partial charge in [-0.05, 0) is 55.5 Å². The van der Waals surface area contributed by atoms with E-state index in [2.05, 4.69) is 10.3 Å². The first-order valence-electron chi connectivity index (χ1n) is 10.7. The second kappa shape index (κ2) is 10.9. The fourth-order valence-electron chi connectivity index (χ4n) is 3.27. The van der Waals surface area contributed by atoms with Crippen molar-refractivity contribution in [1.82, 2.24) is 9.88 Å². The first kappa shape index (κ1) is 22.8. The number of ether oxygens (including phenoxy) is 3. The van der Waals surface area contributed by atoms with Crippen molar-refractivity contribution < 1.29 is 23.8 Å². The summed E-state index contributed by atoms with van der Waals surface area (Å²) in [6, 6.07) is 14.3. The van der Waals surface area contributed by atoms with E-state index in [0.29, 0.717) is 49.4 Å². The normalized spacial score (nSPS) is 13.4. The molecular weight excluding hydrogens is 442 g/mol. The van der Waals surface area contributed by atoms with E-state index in [0.717, 1.165) is 17.0 Å². The van der Waals surface area contributed by atoms with Gasteiger partial charge in [0.05, 0.1) is 25.5 Å². The number of carbonyl (C=O) groups excluding carboxylic acids is 2. The highest BCUT2D eigenvalue weighted by atomic mass is 32.1. The minimum atomic E-state index is -0.265. The van der Waals surface area contributed by atoms with Gasteiger partial charge in [0, 0.05) is 29.6 Å². The molecule has 1 saturated heterocycles. The van der Waals surface area contributed by atoms with Crippen LogP contribution in [0.1, 0.15) is 17.3 Å². The lowest BCUT2D eigenvalue weighted by atomic mass is 10.2. The summed E-state index contributed by atoms with van der Waals surface area (Å²) in [5.74, 6) is 0.994. The SMILES string of the molecule is CCOc1ccc(-c2csc(NC(=O)c3ccc(OCC(=O)N4CCOCC4)cc3)n2)cc1. The molecule has 2 heterocycles. The maximum Gasteiger partial charge on any atom is 0.260 e. The average molecular weight is 468 g/mol. The van der Waals surface area contributed by atoms with Gasteiger partial charge in [-0.1, -0.05) is 0 Å².